The minimum Gasteiger partial charge on any atom is -0.497 e. The maximum atomic E-state index is 13.7. The second kappa shape index (κ2) is 7.99. The molecule has 2 atom stereocenters. The molecule has 5 rings (SSSR count). The number of aliphatic hydroxyl groups is 1. The minimum absolute atomic E-state index is 0.0884. The first-order valence-corrected chi connectivity index (χ1v) is 11.3. The largest absolute Gasteiger partial charge is 0.497 e. The van der Waals surface area contributed by atoms with Crippen molar-refractivity contribution in [2.24, 2.45) is 0 Å². The van der Waals surface area contributed by atoms with Crippen molar-refractivity contribution in [2.45, 2.75) is 43.9 Å². The van der Waals surface area contributed by atoms with Crippen LogP contribution in [0.15, 0.2) is 46.9 Å². The lowest BCUT2D eigenvalue weighted by Gasteiger charge is -2.34. The summed E-state index contributed by atoms with van der Waals surface area (Å²) in [6.45, 7) is 2.02. The number of nitrogens with one attached hydrogen (secondary N) is 1. The van der Waals surface area contributed by atoms with Crippen LogP contribution in [0.3, 0.4) is 0 Å². The summed E-state index contributed by atoms with van der Waals surface area (Å²) < 4.78 is 11.4. The van der Waals surface area contributed by atoms with E-state index in [1.807, 2.05) is 12.1 Å². The van der Waals surface area contributed by atoms with Crippen LogP contribution in [0.25, 0.3) is 11.0 Å². The molecule has 0 aliphatic carbocycles. The van der Waals surface area contributed by atoms with Crippen molar-refractivity contribution in [1.29, 1.82) is 0 Å². The summed E-state index contributed by atoms with van der Waals surface area (Å²) in [7, 11) is 1.55. The highest BCUT2D eigenvalue weighted by Gasteiger charge is 2.50. The number of fused-ring (bicyclic) bond motifs is 2. The average molecular weight is 463 g/mol. The second-order valence-corrected chi connectivity index (χ2v) is 9.37. The Morgan fingerprint density at radius 2 is 2.00 bits per heavy atom. The number of aldehydes is 1. The number of furan rings is 1. The van der Waals surface area contributed by atoms with Gasteiger partial charge in [0.25, 0.3) is 5.91 Å². The smallest absolute Gasteiger partial charge is 0.254 e. The van der Waals surface area contributed by atoms with Gasteiger partial charge in [0, 0.05) is 29.6 Å². The van der Waals surface area contributed by atoms with Crippen LogP contribution in [0, 0.1) is 0 Å². The highest BCUT2D eigenvalue weighted by molar-refractivity contribution is 6.00. The van der Waals surface area contributed by atoms with Gasteiger partial charge in [-0.25, -0.2) is 0 Å². The van der Waals surface area contributed by atoms with Gasteiger partial charge >= 0.3 is 0 Å². The highest BCUT2D eigenvalue weighted by Crippen LogP contribution is 2.40. The van der Waals surface area contributed by atoms with Gasteiger partial charge in [-0.05, 0) is 68.1 Å². The van der Waals surface area contributed by atoms with E-state index in [1.54, 1.807) is 49.3 Å². The summed E-state index contributed by atoms with van der Waals surface area (Å²) in [4.78, 5) is 39.9. The van der Waals surface area contributed by atoms with E-state index in [4.69, 9.17) is 9.15 Å². The number of rotatable bonds is 5. The lowest BCUT2D eigenvalue weighted by atomic mass is 9.79. The zero-order valence-electron chi connectivity index (χ0n) is 19.1. The quantitative estimate of drug-likeness (QED) is 0.564. The number of nitrogens with zero attached hydrogens (tertiary/aromatic N) is 1. The van der Waals surface area contributed by atoms with Gasteiger partial charge < -0.3 is 24.5 Å². The third kappa shape index (κ3) is 3.64. The van der Waals surface area contributed by atoms with Crippen molar-refractivity contribution >= 4 is 29.1 Å². The molecule has 8 heteroatoms. The number of benzene rings is 2. The van der Waals surface area contributed by atoms with E-state index in [0.717, 1.165) is 11.8 Å². The second-order valence-electron chi connectivity index (χ2n) is 9.37. The highest BCUT2D eigenvalue weighted by atomic mass is 16.5. The summed E-state index contributed by atoms with van der Waals surface area (Å²) >= 11 is 0. The fraction of sp³-hybridized carbons (Fsp3) is 0.346. The Morgan fingerprint density at radius 3 is 2.76 bits per heavy atom. The van der Waals surface area contributed by atoms with Crippen LogP contribution >= 0.6 is 0 Å². The van der Waals surface area contributed by atoms with E-state index in [0.29, 0.717) is 59.4 Å². The van der Waals surface area contributed by atoms with Crippen molar-refractivity contribution in [2.75, 3.05) is 13.7 Å². The normalized spacial score (nSPS) is 24.6. The van der Waals surface area contributed by atoms with E-state index in [9.17, 15) is 19.5 Å². The van der Waals surface area contributed by atoms with Gasteiger partial charge in [-0.15, -0.1) is 0 Å². The molecule has 1 aromatic heterocycles. The Hall–Kier alpha value is -3.65. The average Bonchev–Trinajstić information content (AvgIpc) is 3.34. The molecule has 2 unspecified atom stereocenters. The Morgan fingerprint density at radius 1 is 1.18 bits per heavy atom. The fourth-order valence-electron chi connectivity index (χ4n) is 5.03. The molecule has 176 valence electrons. The Labute approximate surface area is 196 Å². The molecule has 2 N–H and O–H groups in total. The third-order valence-electron chi connectivity index (χ3n) is 6.89. The summed E-state index contributed by atoms with van der Waals surface area (Å²) in [5, 5.41) is 14.1. The molecular formula is C26H26N2O6. The van der Waals surface area contributed by atoms with Crippen LogP contribution in [0.4, 0.5) is 0 Å². The van der Waals surface area contributed by atoms with Crippen LogP contribution in [0.5, 0.6) is 5.75 Å². The number of methoxy groups -OCH3 is 1. The number of carbonyl (C=O) groups excluding carboxylic acids is 3. The Kier molecular flexibility index (Phi) is 5.20. The van der Waals surface area contributed by atoms with Crippen molar-refractivity contribution in [3.8, 4) is 5.75 Å². The molecular weight excluding hydrogens is 436 g/mol. The SMILES string of the molecule is COc1ccc2c(c1)C(=O)N(CC1(c3cc4cc(C=O)ccc4o3)CCCC(C)(O)NC1=O)C2. The summed E-state index contributed by atoms with van der Waals surface area (Å²) in [6, 6.07) is 12.2. The molecule has 0 bridgehead atoms. The molecule has 3 aromatic rings. The first-order chi connectivity index (χ1) is 16.2. The standard InChI is InChI=1S/C26H26N2O6/c1-25(32)8-3-9-26(24(31)27-25,22-11-18-10-16(14-29)4-7-21(18)34-22)15-28-13-17-5-6-19(33-2)12-20(17)23(28)30/h4-7,10-12,14,32H,3,8-9,13,15H2,1-2H3,(H,27,31). The number of amides is 2. The predicted molar refractivity (Wildman–Crippen MR) is 124 cm³/mol. The molecule has 2 aliphatic rings. The van der Waals surface area contributed by atoms with Gasteiger partial charge in [-0.3, -0.25) is 14.4 Å². The first kappa shape index (κ1) is 22.2. The molecule has 0 radical (unpaired) electrons. The van der Waals surface area contributed by atoms with Gasteiger partial charge in [-0.1, -0.05) is 6.07 Å². The van der Waals surface area contributed by atoms with E-state index in [1.165, 1.54) is 0 Å². The molecule has 1 saturated heterocycles. The van der Waals surface area contributed by atoms with E-state index < -0.39 is 17.0 Å². The summed E-state index contributed by atoms with van der Waals surface area (Å²) in [5.41, 5.74) is -0.104. The molecule has 0 saturated carbocycles. The topological polar surface area (TPSA) is 109 Å². The predicted octanol–water partition coefficient (Wildman–Crippen LogP) is 3.16. The molecule has 2 aromatic carbocycles. The molecule has 8 nitrogen and oxygen atoms in total. The zero-order valence-corrected chi connectivity index (χ0v) is 19.1. The van der Waals surface area contributed by atoms with Crippen molar-refractivity contribution in [3.05, 3.63) is 64.9 Å². The van der Waals surface area contributed by atoms with Crippen molar-refractivity contribution in [3.63, 3.8) is 0 Å². The van der Waals surface area contributed by atoms with Gasteiger partial charge in [0.1, 0.15) is 34.5 Å². The van der Waals surface area contributed by atoms with Crippen LogP contribution in [0.1, 0.15) is 58.2 Å². The molecule has 1 fully saturated rings. The molecule has 0 spiro atoms. The summed E-state index contributed by atoms with van der Waals surface area (Å²) in [6.07, 6.45) is 2.07. The van der Waals surface area contributed by atoms with Crippen molar-refractivity contribution in [1.82, 2.24) is 10.2 Å². The van der Waals surface area contributed by atoms with Crippen LogP contribution < -0.4 is 10.1 Å². The molecule has 3 heterocycles. The lowest BCUT2D eigenvalue weighted by Crippen LogP contribution is -2.55. The maximum Gasteiger partial charge on any atom is 0.254 e. The van der Waals surface area contributed by atoms with Crippen LogP contribution in [-0.2, 0) is 16.8 Å². The van der Waals surface area contributed by atoms with Crippen molar-refractivity contribution < 1.29 is 28.6 Å². The van der Waals surface area contributed by atoms with E-state index >= 15 is 0 Å². The number of hydrogen-bond donors (Lipinski definition) is 2. The van der Waals surface area contributed by atoms with Crippen LogP contribution in [-0.4, -0.2) is 47.5 Å². The minimum atomic E-state index is -1.36. The molecule has 2 amide bonds. The lowest BCUT2D eigenvalue weighted by molar-refractivity contribution is -0.133. The van der Waals surface area contributed by atoms with E-state index in [-0.39, 0.29) is 12.5 Å². The number of carbonyl (C=O) groups is 3. The Balaban J connectivity index is 1.57. The van der Waals surface area contributed by atoms with Gasteiger partial charge in [0.05, 0.1) is 7.11 Å². The number of ether oxygens (including phenoxy) is 1. The van der Waals surface area contributed by atoms with Crippen LogP contribution in [0.2, 0.25) is 0 Å². The van der Waals surface area contributed by atoms with Gasteiger partial charge in [-0.2, -0.15) is 0 Å². The Bertz CT molecular complexity index is 1310. The third-order valence-corrected chi connectivity index (χ3v) is 6.89. The summed E-state index contributed by atoms with van der Waals surface area (Å²) in [5.74, 6) is 0.416. The fourth-order valence-corrected chi connectivity index (χ4v) is 5.03. The van der Waals surface area contributed by atoms with Gasteiger partial charge in [0.15, 0.2) is 0 Å². The first-order valence-electron chi connectivity index (χ1n) is 11.3. The number of hydrogen-bond acceptors (Lipinski definition) is 6. The van der Waals surface area contributed by atoms with E-state index in [2.05, 4.69) is 5.32 Å². The monoisotopic (exact) mass is 462 g/mol. The van der Waals surface area contributed by atoms with Gasteiger partial charge in [0.2, 0.25) is 5.91 Å². The maximum absolute atomic E-state index is 13.7. The zero-order chi connectivity index (χ0) is 24.1. The molecule has 34 heavy (non-hydrogen) atoms. The molecule has 2 aliphatic heterocycles.